The van der Waals surface area contributed by atoms with Crippen molar-refractivity contribution in [2.24, 2.45) is 5.10 Å². The number of alkyl halides is 3. The molecule has 1 fully saturated rings. The Bertz CT molecular complexity index is 600. The number of allylic oxidation sites excluding steroid dienone is 2. The fraction of sp³-hybridized carbons (Fsp3) is 0.412. The average Bonchev–Trinajstić information content (AvgIpc) is 2.53. The number of nitrogens with zero attached hydrogens (tertiary/aromatic N) is 2. The zero-order valence-electron chi connectivity index (χ0n) is 12.9. The van der Waals surface area contributed by atoms with Gasteiger partial charge in [-0.15, -0.1) is 0 Å². The van der Waals surface area contributed by atoms with Crippen molar-refractivity contribution in [2.75, 3.05) is 13.1 Å². The molecule has 1 saturated heterocycles. The van der Waals surface area contributed by atoms with Crippen LogP contribution in [0.5, 0.6) is 0 Å². The SMILES string of the molecule is C/C(=N\N1CCCCC1)C(=O)/C=C(\c1ccccc1)C(F)(F)F. The Morgan fingerprint density at radius 2 is 1.74 bits per heavy atom. The normalized spacial score (nSPS) is 17.3. The van der Waals surface area contributed by atoms with Crippen LogP contribution in [-0.4, -0.2) is 35.8 Å². The van der Waals surface area contributed by atoms with Gasteiger partial charge in [0.15, 0.2) is 0 Å². The van der Waals surface area contributed by atoms with Crippen LogP contribution in [0.3, 0.4) is 0 Å². The fourth-order valence-corrected chi connectivity index (χ4v) is 2.42. The molecule has 0 radical (unpaired) electrons. The van der Waals surface area contributed by atoms with Crippen molar-refractivity contribution in [3.05, 3.63) is 42.0 Å². The number of hydrazone groups is 1. The molecule has 1 aliphatic heterocycles. The van der Waals surface area contributed by atoms with E-state index in [1.165, 1.54) is 31.2 Å². The molecule has 0 amide bonds. The number of hydrogen-bond acceptors (Lipinski definition) is 3. The van der Waals surface area contributed by atoms with Crippen LogP contribution in [-0.2, 0) is 4.79 Å². The summed E-state index contributed by atoms with van der Waals surface area (Å²) in [5.41, 5.74) is -0.903. The van der Waals surface area contributed by atoms with Crippen molar-refractivity contribution in [1.82, 2.24) is 5.01 Å². The molecule has 0 aliphatic carbocycles. The van der Waals surface area contributed by atoms with E-state index in [1.54, 1.807) is 11.1 Å². The third-order valence-electron chi connectivity index (χ3n) is 3.65. The smallest absolute Gasteiger partial charge is 0.297 e. The number of halogens is 3. The molecule has 0 saturated carbocycles. The highest BCUT2D eigenvalue weighted by Gasteiger charge is 2.35. The van der Waals surface area contributed by atoms with Gasteiger partial charge < -0.3 is 0 Å². The van der Waals surface area contributed by atoms with Crippen molar-refractivity contribution in [2.45, 2.75) is 32.4 Å². The van der Waals surface area contributed by atoms with Crippen LogP contribution in [0.25, 0.3) is 5.57 Å². The largest absolute Gasteiger partial charge is 0.417 e. The van der Waals surface area contributed by atoms with E-state index in [0.717, 1.165) is 32.4 Å². The topological polar surface area (TPSA) is 32.7 Å². The minimum absolute atomic E-state index is 0.0286. The molecule has 1 aromatic carbocycles. The number of carbonyl (C=O) groups is 1. The van der Waals surface area contributed by atoms with E-state index in [0.29, 0.717) is 6.08 Å². The number of piperidine rings is 1. The predicted octanol–water partition coefficient (Wildman–Crippen LogP) is 4.06. The molecule has 1 aliphatic rings. The molecule has 124 valence electrons. The van der Waals surface area contributed by atoms with E-state index < -0.39 is 17.5 Å². The van der Waals surface area contributed by atoms with Gasteiger partial charge in [0.05, 0.1) is 5.57 Å². The Balaban J connectivity index is 2.24. The lowest BCUT2D eigenvalue weighted by molar-refractivity contribution is -0.109. The maximum atomic E-state index is 13.2. The number of rotatable bonds is 4. The number of hydrogen-bond donors (Lipinski definition) is 0. The van der Waals surface area contributed by atoms with Crippen LogP contribution in [0.15, 0.2) is 41.5 Å². The van der Waals surface area contributed by atoms with Gasteiger partial charge in [0.2, 0.25) is 5.78 Å². The first-order valence-corrected chi connectivity index (χ1v) is 7.57. The summed E-state index contributed by atoms with van der Waals surface area (Å²) >= 11 is 0. The summed E-state index contributed by atoms with van der Waals surface area (Å²) in [6.07, 6.45) is -0.872. The van der Waals surface area contributed by atoms with Crippen LogP contribution in [0, 0.1) is 0 Å². The molecule has 3 nitrogen and oxygen atoms in total. The molecule has 0 bridgehead atoms. The molecule has 2 rings (SSSR count). The summed E-state index contributed by atoms with van der Waals surface area (Å²) in [4.78, 5) is 12.1. The quantitative estimate of drug-likeness (QED) is 0.618. The molecule has 1 heterocycles. The van der Waals surface area contributed by atoms with Crippen LogP contribution in [0.2, 0.25) is 0 Å². The molecule has 0 N–H and O–H groups in total. The van der Waals surface area contributed by atoms with Gasteiger partial charge in [0.1, 0.15) is 5.71 Å². The first-order valence-electron chi connectivity index (χ1n) is 7.57. The second kappa shape index (κ2) is 7.44. The number of benzene rings is 1. The van der Waals surface area contributed by atoms with E-state index in [1.807, 2.05) is 0 Å². The van der Waals surface area contributed by atoms with E-state index in [-0.39, 0.29) is 11.3 Å². The van der Waals surface area contributed by atoms with Crippen molar-refractivity contribution >= 4 is 17.1 Å². The molecule has 23 heavy (non-hydrogen) atoms. The molecular weight excluding hydrogens is 305 g/mol. The Kier molecular flexibility index (Phi) is 5.58. The molecule has 0 aromatic heterocycles. The molecule has 1 aromatic rings. The van der Waals surface area contributed by atoms with Crippen molar-refractivity contribution in [3.63, 3.8) is 0 Å². The first-order chi connectivity index (χ1) is 10.9. The molecule has 0 spiro atoms. The van der Waals surface area contributed by atoms with Gasteiger partial charge in [-0.3, -0.25) is 9.80 Å². The Hall–Kier alpha value is -2.11. The van der Waals surface area contributed by atoms with Gasteiger partial charge in [-0.1, -0.05) is 30.3 Å². The lowest BCUT2D eigenvalue weighted by atomic mass is 10.0. The first kappa shape index (κ1) is 17.2. The van der Waals surface area contributed by atoms with E-state index in [2.05, 4.69) is 5.10 Å². The van der Waals surface area contributed by atoms with Crippen LogP contribution >= 0.6 is 0 Å². The second-order valence-electron chi connectivity index (χ2n) is 5.49. The summed E-state index contributed by atoms with van der Waals surface area (Å²) < 4.78 is 39.7. The summed E-state index contributed by atoms with van der Waals surface area (Å²) in [6.45, 7) is 2.92. The molecular formula is C17H19F3N2O. The Morgan fingerprint density at radius 1 is 1.13 bits per heavy atom. The molecule has 0 unspecified atom stereocenters. The summed E-state index contributed by atoms with van der Waals surface area (Å²) in [5.74, 6) is -0.716. The van der Waals surface area contributed by atoms with E-state index in [4.69, 9.17) is 0 Å². The van der Waals surface area contributed by atoms with Gasteiger partial charge in [0, 0.05) is 19.2 Å². The van der Waals surface area contributed by atoms with Gasteiger partial charge >= 0.3 is 6.18 Å². The third-order valence-corrected chi connectivity index (χ3v) is 3.65. The summed E-state index contributed by atoms with van der Waals surface area (Å²) in [5, 5.41) is 5.90. The maximum absolute atomic E-state index is 13.2. The average molecular weight is 324 g/mol. The van der Waals surface area contributed by atoms with Gasteiger partial charge in [-0.25, -0.2) is 0 Å². The fourth-order valence-electron chi connectivity index (χ4n) is 2.42. The number of ketones is 1. The van der Waals surface area contributed by atoms with E-state index in [9.17, 15) is 18.0 Å². The highest BCUT2D eigenvalue weighted by Crippen LogP contribution is 2.33. The minimum Gasteiger partial charge on any atom is -0.297 e. The molecule has 0 atom stereocenters. The minimum atomic E-state index is -4.59. The third kappa shape index (κ3) is 4.94. The van der Waals surface area contributed by atoms with Crippen molar-refractivity contribution in [3.8, 4) is 0 Å². The highest BCUT2D eigenvalue weighted by molar-refractivity contribution is 6.44. The van der Waals surface area contributed by atoms with Gasteiger partial charge in [0.25, 0.3) is 0 Å². The summed E-state index contributed by atoms with van der Waals surface area (Å²) in [6, 6.07) is 7.32. The monoisotopic (exact) mass is 324 g/mol. The summed E-state index contributed by atoms with van der Waals surface area (Å²) in [7, 11) is 0. The lowest BCUT2D eigenvalue weighted by Gasteiger charge is -2.24. The highest BCUT2D eigenvalue weighted by atomic mass is 19.4. The van der Waals surface area contributed by atoms with Crippen LogP contribution in [0.4, 0.5) is 13.2 Å². The standard InChI is InChI=1S/C17H19F3N2O/c1-13(21-22-10-6-3-7-11-22)16(23)12-15(17(18,19)20)14-8-4-2-5-9-14/h2,4-5,8-9,12H,3,6-7,10-11H2,1H3/b15-12+,21-13+. The predicted molar refractivity (Wildman–Crippen MR) is 84.0 cm³/mol. The van der Waals surface area contributed by atoms with Gasteiger partial charge in [-0.2, -0.15) is 18.3 Å². The Labute approximate surface area is 133 Å². The molecule has 6 heteroatoms. The van der Waals surface area contributed by atoms with Crippen molar-refractivity contribution in [1.29, 1.82) is 0 Å². The van der Waals surface area contributed by atoms with Crippen molar-refractivity contribution < 1.29 is 18.0 Å². The number of carbonyl (C=O) groups excluding carboxylic acids is 1. The lowest BCUT2D eigenvalue weighted by Crippen LogP contribution is -2.27. The van der Waals surface area contributed by atoms with Crippen LogP contribution < -0.4 is 0 Å². The maximum Gasteiger partial charge on any atom is 0.417 e. The van der Waals surface area contributed by atoms with E-state index >= 15 is 0 Å². The van der Waals surface area contributed by atoms with Gasteiger partial charge in [-0.05, 0) is 31.7 Å². The second-order valence-corrected chi connectivity index (χ2v) is 5.49. The van der Waals surface area contributed by atoms with Crippen LogP contribution in [0.1, 0.15) is 31.7 Å². The zero-order valence-corrected chi connectivity index (χ0v) is 12.9. The zero-order chi connectivity index (χ0) is 16.9. The Morgan fingerprint density at radius 3 is 2.30 bits per heavy atom.